The van der Waals surface area contributed by atoms with Crippen LogP contribution in [-0.2, 0) is 10.8 Å². The molecule has 0 atom stereocenters. The average Bonchev–Trinajstić information content (AvgIpc) is 3.58. The molecule has 2 amide bonds. The van der Waals surface area contributed by atoms with Crippen LogP contribution in [0.5, 0.6) is 0 Å². The van der Waals surface area contributed by atoms with Crippen LogP contribution in [0, 0.1) is 0 Å². The van der Waals surface area contributed by atoms with Gasteiger partial charge in [0.1, 0.15) is 0 Å². The number of hydrogen-bond acceptors (Lipinski definition) is 2. The zero-order valence-corrected chi connectivity index (χ0v) is 29.4. The number of amides is 2. The van der Waals surface area contributed by atoms with Gasteiger partial charge in [-0.05, 0) is 45.2 Å². The van der Waals surface area contributed by atoms with Crippen molar-refractivity contribution in [3.63, 3.8) is 0 Å². The second-order valence-corrected chi connectivity index (χ2v) is 15.3. The minimum absolute atomic E-state index is 0.184. The second-order valence-electron chi connectivity index (χ2n) is 15.3. The van der Waals surface area contributed by atoms with E-state index in [1.165, 1.54) is 16.0 Å². The fourth-order valence-corrected chi connectivity index (χ4v) is 7.71. The molecule has 0 saturated carbocycles. The molecular formula is C46H40N2O2. The highest BCUT2D eigenvalue weighted by Gasteiger charge is 2.42. The van der Waals surface area contributed by atoms with Crippen LogP contribution in [0.1, 0.15) is 73.4 Å². The van der Waals surface area contributed by atoms with Crippen molar-refractivity contribution in [2.75, 3.05) is 4.90 Å². The van der Waals surface area contributed by atoms with Crippen LogP contribution >= 0.6 is 0 Å². The molecular weight excluding hydrogens is 613 g/mol. The molecule has 4 heteroatoms. The average molecular weight is 653 g/mol. The molecule has 0 radical (unpaired) electrons. The molecule has 7 aromatic rings. The molecule has 1 aliphatic heterocycles. The van der Waals surface area contributed by atoms with Crippen molar-refractivity contribution in [3.05, 3.63) is 156 Å². The lowest BCUT2D eigenvalue weighted by Gasteiger charge is -2.25. The summed E-state index contributed by atoms with van der Waals surface area (Å²) in [6.07, 6.45) is 0. The second kappa shape index (κ2) is 11.4. The van der Waals surface area contributed by atoms with E-state index in [1.807, 2.05) is 91.0 Å². The third kappa shape index (κ3) is 4.81. The van der Waals surface area contributed by atoms with Crippen molar-refractivity contribution in [1.82, 2.24) is 4.57 Å². The van der Waals surface area contributed by atoms with Gasteiger partial charge in [0.15, 0.2) is 0 Å². The molecule has 246 valence electrons. The lowest BCUT2D eigenvalue weighted by molar-refractivity contribution is 0.0926. The van der Waals surface area contributed by atoms with E-state index < -0.39 is 0 Å². The summed E-state index contributed by atoms with van der Waals surface area (Å²) in [6.45, 7) is 13.4. The summed E-state index contributed by atoms with van der Waals surface area (Å²) in [5.41, 5.74) is 9.77. The third-order valence-corrected chi connectivity index (χ3v) is 9.99. The molecule has 0 saturated heterocycles. The van der Waals surface area contributed by atoms with E-state index in [0.717, 1.165) is 49.7 Å². The number of anilines is 1. The molecule has 6 aromatic carbocycles. The first-order valence-electron chi connectivity index (χ1n) is 17.3. The summed E-state index contributed by atoms with van der Waals surface area (Å²) >= 11 is 0. The lowest BCUT2D eigenvalue weighted by Crippen LogP contribution is -2.30. The Hall–Kier alpha value is -5.74. The predicted octanol–water partition coefficient (Wildman–Crippen LogP) is 11.5. The Labute approximate surface area is 293 Å². The minimum Gasteiger partial charge on any atom is -0.308 e. The monoisotopic (exact) mass is 652 g/mol. The molecule has 8 rings (SSSR count). The number of aromatic nitrogens is 1. The van der Waals surface area contributed by atoms with Crippen molar-refractivity contribution in [1.29, 1.82) is 0 Å². The molecule has 50 heavy (non-hydrogen) atoms. The molecule has 1 aliphatic rings. The van der Waals surface area contributed by atoms with Crippen molar-refractivity contribution < 1.29 is 9.59 Å². The Morgan fingerprint density at radius 3 is 1.36 bits per heavy atom. The van der Waals surface area contributed by atoms with E-state index in [-0.39, 0.29) is 22.6 Å². The van der Waals surface area contributed by atoms with Crippen LogP contribution in [0.3, 0.4) is 0 Å². The summed E-state index contributed by atoms with van der Waals surface area (Å²) in [4.78, 5) is 31.4. The normalized spacial score (nSPS) is 13.4. The molecule has 0 fully saturated rings. The maximum atomic E-state index is 15.2. The quantitative estimate of drug-likeness (QED) is 0.178. The maximum absolute atomic E-state index is 15.2. The first-order chi connectivity index (χ1) is 24.0. The first-order valence-corrected chi connectivity index (χ1v) is 17.3. The van der Waals surface area contributed by atoms with E-state index in [2.05, 4.69) is 82.5 Å². The van der Waals surface area contributed by atoms with Gasteiger partial charge in [-0.25, -0.2) is 4.90 Å². The van der Waals surface area contributed by atoms with Crippen LogP contribution in [0.4, 0.5) is 5.69 Å². The van der Waals surface area contributed by atoms with Gasteiger partial charge < -0.3 is 4.57 Å². The zero-order valence-electron chi connectivity index (χ0n) is 29.4. The van der Waals surface area contributed by atoms with Crippen LogP contribution < -0.4 is 4.90 Å². The lowest BCUT2D eigenvalue weighted by atomic mass is 9.85. The van der Waals surface area contributed by atoms with Gasteiger partial charge in [-0.1, -0.05) is 163 Å². The fourth-order valence-electron chi connectivity index (χ4n) is 7.71. The molecule has 0 bridgehead atoms. The molecule has 4 nitrogen and oxygen atoms in total. The van der Waals surface area contributed by atoms with Gasteiger partial charge in [-0.3, -0.25) is 9.59 Å². The Morgan fingerprint density at radius 1 is 0.440 bits per heavy atom. The number of carbonyl (C=O) groups excluding carboxylic acids is 2. The number of hydrogen-bond donors (Lipinski definition) is 0. The number of imide groups is 1. The van der Waals surface area contributed by atoms with Gasteiger partial charge in [-0.15, -0.1) is 0 Å². The molecule has 0 N–H and O–H groups in total. The van der Waals surface area contributed by atoms with Crippen molar-refractivity contribution in [3.8, 4) is 27.9 Å². The van der Waals surface area contributed by atoms with E-state index in [1.54, 1.807) is 6.07 Å². The van der Waals surface area contributed by atoms with Crippen LogP contribution in [0.15, 0.2) is 133 Å². The fraction of sp³-hybridized carbons (Fsp3) is 0.174. The maximum Gasteiger partial charge on any atom is 0.268 e. The minimum atomic E-state index is -0.322. The molecule has 1 aromatic heterocycles. The molecule has 0 unspecified atom stereocenters. The first kappa shape index (κ1) is 31.5. The van der Waals surface area contributed by atoms with E-state index in [9.17, 15) is 4.79 Å². The van der Waals surface area contributed by atoms with Crippen molar-refractivity contribution in [2.24, 2.45) is 0 Å². The van der Waals surface area contributed by atoms with Gasteiger partial charge in [-0.2, -0.15) is 0 Å². The van der Waals surface area contributed by atoms with E-state index in [4.69, 9.17) is 0 Å². The highest BCUT2D eigenvalue weighted by atomic mass is 16.2. The van der Waals surface area contributed by atoms with Crippen molar-refractivity contribution >= 4 is 39.3 Å². The summed E-state index contributed by atoms with van der Waals surface area (Å²) in [7, 11) is 0. The van der Waals surface area contributed by atoms with Gasteiger partial charge in [0, 0.05) is 21.9 Å². The van der Waals surface area contributed by atoms with E-state index >= 15 is 4.79 Å². The summed E-state index contributed by atoms with van der Waals surface area (Å²) in [5, 5.41) is 2.26. The molecule has 0 spiro atoms. The van der Waals surface area contributed by atoms with Gasteiger partial charge in [0.25, 0.3) is 11.8 Å². The smallest absolute Gasteiger partial charge is 0.268 e. The third-order valence-electron chi connectivity index (χ3n) is 9.99. The SMILES string of the molecule is CC(C)(C)c1cccc2c3cccc(C(C)(C)C)c3n(-c3cccc4c3C(=O)N(c3c(-c5ccccc5)cccc3-c3ccccc3)C4=O)c12. The van der Waals surface area contributed by atoms with Gasteiger partial charge in [0.05, 0.1) is 33.5 Å². The number of carbonyl (C=O) groups is 2. The Balaban J connectivity index is 1.45. The Morgan fingerprint density at radius 2 is 0.880 bits per heavy atom. The summed E-state index contributed by atoms with van der Waals surface area (Å²) in [6, 6.07) is 44.7. The molecule has 0 aliphatic carbocycles. The number of rotatable bonds is 4. The highest BCUT2D eigenvalue weighted by molar-refractivity contribution is 6.37. The summed E-state index contributed by atoms with van der Waals surface area (Å²) in [5.74, 6) is -0.641. The number of fused-ring (bicyclic) bond motifs is 4. The molecule has 2 heterocycles. The van der Waals surface area contributed by atoms with Crippen LogP contribution in [0.25, 0.3) is 49.7 Å². The highest BCUT2D eigenvalue weighted by Crippen LogP contribution is 2.46. The number of nitrogens with zero attached hydrogens (tertiary/aromatic N) is 2. The van der Waals surface area contributed by atoms with Crippen molar-refractivity contribution in [2.45, 2.75) is 52.4 Å². The summed E-state index contributed by atoms with van der Waals surface area (Å²) < 4.78 is 2.28. The Kier molecular flexibility index (Phi) is 7.20. The Bertz CT molecular complexity index is 2350. The van der Waals surface area contributed by atoms with Crippen LogP contribution in [0.2, 0.25) is 0 Å². The standard InChI is InChI=1S/C46H40N2O2/c1-45(2,3)36-26-14-23-33-34-24-15-27-37(46(4,5)6)42(34)47(41(33)36)38-28-16-25-35-39(38)44(50)48(43(35)49)40-31(29-17-9-7-10-18-29)21-13-22-32(40)30-19-11-8-12-20-30/h7-28H,1-6H3. The number of benzene rings is 6. The van der Waals surface area contributed by atoms with Crippen LogP contribution in [-0.4, -0.2) is 16.4 Å². The largest absolute Gasteiger partial charge is 0.308 e. The predicted molar refractivity (Wildman–Crippen MR) is 207 cm³/mol. The zero-order chi connectivity index (χ0) is 34.9. The van der Waals surface area contributed by atoms with Gasteiger partial charge in [0.2, 0.25) is 0 Å². The van der Waals surface area contributed by atoms with E-state index in [0.29, 0.717) is 16.8 Å². The van der Waals surface area contributed by atoms with Gasteiger partial charge >= 0.3 is 0 Å². The topological polar surface area (TPSA) is 42.3 Å². The number of para-hydroxylation sites is 3.